The molecule has 1 aromatic carbocycles. The number of anilines is 1. The second-order valence-corrected chi connectivity index (χ2v) is 8.05. The Labute approximate surface area is 185 Å². The van der Waals surface area contributed by atoms with Gasteiger partial charge in [0.1, 0.15) is 6.07 Å². The van der Waals surface area contributed by atoms with Crippen LogP contribution in [0.3, 0.4) is 0 Å². The van der Waals surface area contributed by atoms with Gasteiger partial charge in [-0.2, -0.15) is 5.26 Å². The molecule has 0 atom stereocenters. The molecule has 9 heteroatoms. The third-order valence-corrected chi connectivity index (χ3v) is 6.02. The van der Waals surface area contributed by atoms with E-state index in [4.69, 9.17) is 10.5 Å². The van der Waals surface area contributed by atoms with E-state index in [1.54, 1.807) is 28.0 Å². The topological polar surface area (TPSA) is 122 Å². The molecule has 3 heterocycles. The van der Waals surface area contributed by atoms with Gasteiger partial charge in [0.15, 0.2) is 5.69 Å². The molecule has 1 aromatic heterocycles. The molecule has 2 aromatic rings. The van der Waals surface area contributed by atoms with Crippen LogP contribution < -0.4 is 5.73 Å². The van der Waals surface area contributed by atoms with Crippen molar-refractivity contribution in [1.29, 1.82) is 5.26 Å². The number of carbonyl (C=O) groups excluding carboxylic acids is 3. The van der Waals surface area contributed by atoms with Gasteiger partial charge >= 0.3 is 5.97 Å². The molecule has 0 radical (unpaired) electrons. The minimum absolute atomic E-state index is 0.0111. The molecule has 0 unspecified atom stereocenters. The smallest absolute Gasteiger partial charge is 0.357 e. The predicted octanol–water partition coefficient (Wildman–Crippen LogP) is 2.19. The first-order chi connectivity index (χ1) is 15.4. The third-order valence-electron chi connectivity index (χ3n) is 6.02. The molecule has 0 aliphatic carbocycles. The van der Waals surface area contributed by atoms with Gasteiger partial charge in [0, 0.05) is 49.2 Å². The zero-order valence-electron chi connectivity index (χ0n) is 18.0. The molecule has 2 fully saturated rings. The molecule has 2 amide bonds. The van der Waals surface area contributed by atoms with E-state index in [-0.39, 0.29) is 28.8 Å². The highest BCUT2D eigenvalue weighted by molar-refractivity contribution is 6.01. The van der Waals surface area contributed by atoms with Crippen LogP contribution in [0.2, 0.25) is 0 Å². The number of esters is 1. The van der Waals surface area contributed by atoms with Gasteiger partial charge in [-0.15, -0.1) is 0 Å². The molecule has 166 valence electrons. The lowest BCUT2D eigenvalue weighted by Crippen LogP contribution is -2.30. The summed E-state index contributed by atoms with van der Waals surface area (Å²) in [5.41, 5.74) is 7.21. The summed E-state index contributed by atoms with van der Waals surface area (Å²) >= 11 is 0. The monoisotopic (exact) mass is 435 g/mol. The molecule has 2 N–H and O–H groups in total. The van der Waals surface area contributed by atoms with Gasteiger partial charge < -0.3 is 24.8 Å². The SMILES string of the molecule is COC(=O)c1c(N)c(C#N)cn1-c1cc(C(=O)N2CCCC2)cc(C(=O)N2CCCC2)c1. The van der Waals surface area contributed by atoms with Crippen LogP contribution in [-0.4, -0.2) is 65.4 Å². The second kappa shape index (κ2) is 8.75. The number of likely N-dealkylation sites (tertiary alicyclic amines) is 2. The number of nitrogens with two attached hydrogens (primary N) is 1. The summed E-state index contributed by atoms with van der Waals surface area (Å²) in [4.78, 5) is 42.3. The van der Waals surface area contributed by atoms with Crippen molar-refractivity contribution >= 4 is 23.5 Å². The fraction of sp³-hybridized carbons (Fsp3) is 0.391. The second-order valence-electron chi connectivity index (χ2n) is 8.05. The molecule has 2 aliphatic heterocycles. The molecule has 32 heavy (non-hydrogen) atoms. The van der Waals surface area contributed by atoms with Crippen molar-refractivity contribution in [3.8, 4) is 11.8 Å². The lowest BCUT2D eigenvalue weighted by atomic mass is 10.1. The normalized spacial score (nSPS) is 15.6. The number of methoxy groups -OCH3 is 1. The zero-order chi connectivity index (χ0) is 22.8. The van der Waals surface area contributed by atoms with Crippen LogP contribution in [0.4, 0.5) is 5.69 Å². The van der Waals surface area contributed by atoms with Gasteiger partial charge in [-0.05, 0) is 43.9 Å². The minimum atomic E-state index is -0.715. The fourth-order valence-electron chi connectivity index (χ4n) is 4.32. The van der Waals surface area contributed by atoms with Crippen molar-refractivity contribution < 1.29 is 19.1 Å². The number of aromatic nitrogens is 1. The molecule has 4 rings (SSSR count). The van der Waals surface area contributed by atoms with E-state index in [2.05, 4.69) is 0 Å². The maximum atomic E-state index is 13.2. The summed E-state index contributed by atoms with van der Waals surface area (Å²) in [6, 6.07) is 6.82. The maximum Gasteiger partial charge on any atom is 0.357 e. The van der Waals surface area contributed by atoms with Gasteiger partial charge in [-0.3, -0.25) is 9.59 Å². The Morgan fingerprint density at radius 3 is 1.88 bits per heavy atom. The van der Waals surface area contributed by atoms with Crippen LogP contribution in [0, 0.1) is 11.3 Å². The highest BCUT2D eigenvalue weighted by Gasteiger charge is 2.27. The first-order valence-corrected chi connectivity index (χ1v) is 10.7. The molecular formula is C23H25N5O4. The summed E-state index contributed by atoms with van der Waals surface area (Å²) in [5.74, 6) is -1.05. The number of nitriles is 1. The molecule has 2 saturated heterocycles. The van der Waals surface area contributed by atoms with Gasteiger partial charge in [0.25, 0.3) is 11.8 Å². The van der Waals surface area contributed by atoms with E-state index in [1.807, 2.05) is 6.07 Å². The Balaban J connectivity index is 1.86. The average molecular weight is 435 g/mol. The van der Waals surface area contributed by atoms with Gasteiger partial charge in [0.2, 0.25) is 0 Å². The van der Waals surface area contributed by atoms with Crippen molar-refractivity contribution in [3.63, 3.8) is 0 Å². The van der Waals surface area contributed by atoms with Gasteiger partial charge in [-0.1, -0.05) is 0 Å². The van der Waals surface area contributed by atoms with Crippen LogP contribution in [0.15, 0.2) is 24.4 Å². The first kappa shape index (κ1) is 21.4. The molecular weight excluding hydrogens is 410 g/mol. The Morgan fingerprint density at radius 1 is 0.938 bits per heavy atom. The number of ether oxygens (including phenoxy) is 1. The summed E-state index contributed by atoms with van der Waals surface area (Å²) in [5, 5.41) is 9.41. The van der Waals surface area contributed by atoms with E-state index in [0.717, 1.165) is 25.7 Å². The van der Waals surface area contributed by atoms with Crippen molar-refractivity contribution in [2.75, 3.05) is 39.0 Å². The average Bonchev–Trinajstić information content (AvgIpc) is 3.58. The zero-order valence-corrected chi connectivity index (χ0v) is 18.0. The van der Waals surface area contributed by atoms with E-state index >= 15 is 0 Å². The molecule has 0 spiro atoms. The number of amides is 2. The number of hydrogen-bond donors (Lipinski definition) is 1. The number of nitrogens with zero attached hydrogens (tertiary/aromatic N) is 4. The number of benzene rings is 1. The van der Waals surface area contributed by atoms with Crippen LogP contribution in [0.5, 0.6) is 0 Å². The molecule has 0 saturated carbocycles. The number of carbonyl (C=O) groups is 3. The van der Waals surface area contributed by atoms with Gasteiger partial charge in [-0.25, -0.2) is 4.79 Å². The maximum absolute atomic E-state index is 13.2. The number of rotatable bonds is 4. The van der Waals surface area contributed by atoms with Crippen LogP contribution in [0.25, 0.3) is 5.69 Å². The van der Waals surface area contributed by atoms with Crippen molar-refractivity contribution in [2.24, 2.45) is 0 Å². The quantitative estimate of drug-likeness (QED) is 0.735. The lowest BCUT2D eigenvalue weighted by Gasteiger charge is -2.20. The Kier molecular flexibility index (Phi) is 5.86. The minimum Gasteiger partial charge on any atom is -0.464 e. The van der Waals surface area contributed by atoms with E-state index in [9.17, 15) is 19.6 Å². The molecule has 0 bridgehead atoms. The van der Waals surface area contributed by atoms with Crippen LogP contribution in [0.1, 0.15) is 62.5 Å². The highest BCUT2D eigenvalue weighted by atomic mass is 16.5. The lowest BCUT2D eigenvalue weighted by molar-refractivity contribution is 0.0592. The van der Waals surface area contributed by atoms with E-state index in [1.165, 1.54) is 17.9 Å². The summed E-state index contributed by atoms with van der Waals surface area (Å²) in [6.07, 6.45) is 5.19. The Bertz CT molecular complexity index is 1070. The van der Waals surface area contributed by atoms with Gasteiger partial charge in [0.05, 0.1) is 18.4 Å². The number of nitrogen functional groups attached to an aromatic ring is 1. The summed E-state index contributed by atoms with van der Waals surface area (Å²) < 4.78 is 6.27. The van der Waals surface area contributed by atoms with Crippen molar-refractivity contribution in [1.82, 2.24) is 14.4 Å². The van der Waals surface area contributed by atoms with Crippen molar-refractivity contribution in [2.45, 2.75) is 25.7 Å². The summed E-state index contributed by atoms with van der Waals surface area (Å²) in [6.45, 7) is 2.67. The Morgan fingerprint density at radius 2 is 1.44 bits per heavy atom. The Hall–Kier alpha value is -3.80. The van der Waals surface area contributed by atoms with E-state index in [0.29, 0.717) is 43.0 Å². The van der Waals surface area contributed by atoms with Crippen LogP contribution >= 0.6 is 0 Å². The molecule has 9 nitrogen and oxygen atoms in total. The molecule has 2 aliphatic rings. The van der Waals surface area contributed by atoms with E-state index < -0.39 is 5.97 Å². The first-order valence-electron chi connectivity index (χ1n) is 10.7. The third kappa shape index (κ3) is 3.80. The fourth-order valence-corrected chi connectivity index (χ4v) is 4.32. The number of hydrogen-bond acceptors (Lipinski definition) is 6. The largest absolute Gasteiger partial charge is 0.464 e. The summed E-state index contributed by atoms with van der Waals surface area (Å²) in [7, 11) is 1.22. The highest BCUT2D eigenvalue weighted by Crippen LogP contribution is 2.27. The van der Waals surface area contributed by atoms with Crippen molar-refractivity contribution in [3.05, 3.63) is 46.8 Å². The standard InChI is InChI=1S/C23H25N5O4/c1-32-23(31)20-19(25)17(13-24)14-28(20)18-11-15(21(29)26-6-2-3-7-26)10-16(12-18)22(30)27-8-4-5-9-27/h10-12,14H,2-9,25H2,1H3. The van der Waals surface area contributed by atoms with Crippen LogP contribution in [-0.2, 0) is 4.74 Å². The predicted molar refractivity (Wildman–Crippen MR) is 117 cm³/mol.